The van der Waals surface area contributed by atoms with E-state index in [1.54, 1.807) is 0 Å². The molecule has 4 nitrogen and oxygen atoms in total. The highest BCUT2D eigenvalue weighted by atomic mass is 16.5. The van der Waals surface area contributed by atoms with E-state index in [0.29, 0.717) is 0 Å². The number of allylic oxidation sites excluding steroid dienone is 3. The Kier molecular flexibility index (Phi) is 5.10. The summed E-state index contributed by atoms with van der Waals surface area (Å²) in [5.41, 5.74) is 13.6. The van der Waals surface area contributed by atoms with Gasteiger partial charge < -0.3 is 14.7 Å². The molecule has 1 N–H and O–H groups in total. The third-order valence-electron chi connectivity index (χ3n) is 9.95. The molecule has 0 amide bonds. The fourth-order valence-corrected chi connectivity index (χ4v) is 8.26. The second-order valence-corrected chi connectivity index (χ2v) is 12.1. The molecule has 0 radical (unpaired) electrons. The minimum absolute atomic E-state index is 0.596. The molecular weight excluding hydrogens is 562 g/mol. The smallest absolute Gasteiger partial charge is 0.142 e. The lowest BCUT2D eigenvalue weighted by Gasteiger charge is -2.45. The lowest BCUT2D eigenvalue weighted by atomic mass is 9.61. The fraction of sp³-hybridized carbons (Fsp3) is 0.0476. The van der Waals surface area contributed by atoms with Crippen LogP contribution in [0.1, 0.15) is 29.2 Å². The molecule has 6 aromatic carbocycles. The zero-order valence-corrected chi connectivity index (χ0v) is 25.2. The van der Waals surface area contributed by atoms with E-state index in [9.17, 15) is 0 Å². The number of hydrogen-bond donors (Lipinski definition) is 1. The fourth-order valence-electron chi connectivity index (χ4n) is 8.26. The highest BCUT2D eigenvalue weighted by Gasteiger charge is 2.50. The Labute approximate surface area is 266 Å². The Morgan fingerprint density at radius 2 is 1.30 bits per heavy atom. The van der Waals surface area contributed by atoms with Gasteiger partial charge in [-0.3, -0.25) is 4.68 Å². The molecular formula is C42H29N3O. The number of benzene rings is 6. The number of ether oxygens (including phenoxy) is 1. The number of rotatable bonds is 3. The Bertz CT molecular complexity index is 2620. The first-order valence-corrected chi connectivity index (χ1v) is 15.8. The van der Waals surface area contributed by atoms with Crippen LogP contribution in [0, 0.1) is 0 Å². The molecule has 2 aromatic heterocycles. The zero-order valence-electron chi connectivity index (χ0n) is 25.2. The molecule has 0 fully saturated rings. The van der Waals surface area contributed by atoms with Gasteiger partial charge in [-0.1, -0.05) is 109 Å². The number of aromatic nitrogens is 2. The van der Waals surface area contributed by atoms with Gasteiger partial charge in [0.05, 0.1) is 38.6 Å². The van der Waals surface area contributed by atoms with Crippen LogP contribution in [0.25, 0.3) is 49.3 Å². The summed E-state index contributed by atoms with van der Waals surface area (Å²) >= 11 is 0. The van der Waals surface area contributed by atoms with Crippen molar-refractivity contribution >= 4 is 43.6 Å². The van der Waals surface area contributed by atoms with Crippen molar-refractivity contribution in [3.8, 4) is 17.2 Å². The van der Waals surface area contributed by atoms with Crippen LogP contribution in [-0.2, 0) is 5.41 Å². The van der Waals surface area contributed by atoms with Crippen molar-refractivity contribution in [3.05, 3.63) is 174 Å². The lowest BCUT2D eigenvalue weighted by molar-refractivity contribution is 0.439. The molecule has 2 aliphatic heterocycles. The predicted molar refractivity (Wildman–Crippen MR) is 189 cm³/mol. The summed E-state index contributed by atoms with van der Waals surface area (Å²) < 4.78 is 11.7. The third-order valence-corrected chi connectivity index (χ3v) is 9.95. The quantitative estimate of drug-likeness (QED) is 0.207. The second-order valence-electron chi connectivity index (χ2n) is 12.1. The van der Waals surface area contributed by atoms with Gasteiger partial charge in [0.25, 0.3) is 0 Å². The van der Waals surface area contributed by atoms with Crippen LogP contribution >= 0.6 is 0 Å². The van der Waals surface area contributed by atoms with E-state index in [4.69, 9.17) is 4.74 Å². The number of nitrogens with one attached hydrogen (secondary N) is 1. The molecule has 1 unspecified atom stereocenters. The van der Waals surface area contributed by atoms with Gasteiger partial charge in [-0.15, -0.1) is 0 Å². The lowest BCUT2D eigenvalue weighted by Crippen LogP contribution is -2.37. The molecule has 0 aliphatic carbocycles. The summed E-state index contributed by atoms with van der Waals surface area (Å²) in [7, 11) is 0. The van der Waals surface area contributed by atoms with Gasteiger partial charge in [-0.2, -0.15) is 0 Å². The van der Waals surface area contributed by atoms with Gasteiger partial charge in [0.1, 0.15) is 11.5 Å². The molecule has 46 heavy (non-hydrogen) atoms. The Hall–Kier alpha value is -6.00. The van der Waals surface area contributed by atoms with E-state index >= 15 is 0 Å². The van der Waals surface area contributed by atoms with Crippen LogP contribution in [-0.4, -0.2) is 9.24 Å². The maximum atomic E-state index is 7.06. The Morgan fingerprint density at radius 3 is 2.20 bits per heavy atom. The normalized spacial score (nSPS) is 16.5. The summed E-state index contributed by atoms with van der Waals surface area (Å²) in [5, 5.41) is 4.78. The topological polar surface area (TPSA) is 31.1 Å². The van der Waals surface area contributed by atoms with Crippen LogP contribution < -0.4 is 10.2 Å². The SMILES string of the molecule is C/C=C\C=C/Nn1c2ccccc2c2c3c(ccc21)C1(c2ccccc2O3)c2ccccc2-n2c3ccccc3c3cccc1c32. The van der Waals surface area contributed by atoms with Crippen LogP contribution in [0.15, 0.2) is 152 Å². The zero-order chi connectivity index (χ0) is 30.4. The molecule has 4 heteroatoms. The first kappa shape index (κ1) is 25.3. The maximum absolute atomic E-state index is 7.06. The van der Waals surface area contributed by atoms with Crippen LogP contribution in [0.3, 0.4) is 0 Å². The van der Waals surface area contributed by atoms with Crippen LogP contribution in [0.5, 0.6) is 11.5 Å². The monoisotopic (exact) mass is 591 g/mol. The van der Waals surface area contributed by atoms with Crippen molar-refractivity contribution in [1.29, 1.82) is 0 Å². The molecule has 0 saturated heterocycles. The number of fused-ring (bicyclic) bond motifs is 15. The minimum atomic E-state index is -0.596. The van der Waals surface area contributed by atoms with Crippen LogP contribution in [0.2, 0.25) is 0 Å². The highest BCUT2D eigenvalue weighted by molar-refractivity contribution is 6.15. The molecule has 4 heterocycles. The van der Waals surface area contributed by atoms with E-state index < -0.39 is 5.41 Å². The largest absolute Gasteiger partial charge is 0.456 e. The van der Waals surface area contributed by atoms with Gasteiger partial charge in [-0.25, -0.2) is 0 Å². The van der Waals surface area contributed by atoms with E-state index in [2.05, 4.69) is 142 Å². The number of para-hydroxylation sites is 5. The molecule has 0 saturated carbocycles. The van der Waals surface area contributed by atoms with Crippen molar-refractivity contribution in [1.82, 2.24) is 9.24 Å². The standard InChI is InChI=1S/C42H29N3O/c1-2-3-12-26-43-45-35-21-9-5-15-29(35)39-37(45)25-24-33-41(39)46-38-23-11-7-18-31(38)42(33)30-17-6-10-22-36(30)44-34-20-8-4-14-27(34)28-16-13-19-32(42)40(28)44/h2-26,43H,1H3/b3-2-,26-12-. The predicted octanol–water partition coefficient (Wildman–Crippen LogP) is 10.3. The van der Waals surface area contributed by atoms with Crippen molar-refractivity contribution in [2.24, 2.45) is 0 Å². The van der Waals surface area contributed by atoms with Crippen molar-refractivity contribution < 1.29 is 4.74 Å². The van der Waals surface area contributed by atoms with Crippen molar-refractivity contribution in [3.63, 3.8) is 0 Å². The Balaban J connectivity index is 1.40. The van der Waals surface area contributed by atoms with Gasteiger partial charge in [0.2, 0.25) is 0 Å². The molecule has 0 bridgehead atoms. The van der Waals surface area contributed by atoms with E-state index in [1.165, 1.54) is 38.6 Å². The second kappa shape index (κ2) is 9.26. The summed E-state index contributed by atoms with van der Waals surface area (Å²) in [6, 6.07) is 46.3. The first-order chi connectivity index (χ1) is 22.8. The molecule has 2 aliphatic rings. The first-order valence-electron chi connectivity index (χ1n) is 15.8. The van der Waals surface area contributed by atoms with Gasteiger partial charge in [0.15, 0.2) is 0 Å². The summed E-state index contributed by atoms with van der Waals surface area (Å²) in [6.45, 7) is 2.02. The van der Waals surface area contributed by atoms with E-state index in [-0.39, 0.29) is 0 Å². The summed E-state index contributed by atoms with van der Waals surface area (Å²) in [4.78, 5) is 0. The summed E-state index contributed by atoms with van der Waals surface area (Å²) in [6.07, 6.45) is 8.03. The number of nitrogens with zero attached hydrogens (tertiary/aromatic N) is 2. The average molecular weight is 592 g/mol. The molecule has 1 atom stereocenters. The van der Waals surface area contributed by atoms with Gasteiger partial charge >= 0.3 is 0 Å². The van der Waals surface area contributed by atoms with E-state index in [0.717, 1.165) is 44.4 Å². The Morgan fingerprint density at radius 1 is 0.587 bits per heavy atom. The molecule has 8 aromatic rings. The summed E-state index contributed by atoms with van der Waals surface area (Å²) in [5.74, 6) is 1.79. The van der Waals surface area contributed by atoms with Crippen molar-refractivity contribution in [2.75, 3.05) is 5.43 Å². The van der Waals surface area contributed by atoms with E-state index in [1.807, 2.05) is 31.4 Å². The minimum Gasteiger partial charge on any atom is -0.456 e. The van der Waals surface area contributed by atoms with Crippen molar-refractivity contribution in [2.45, 2.75) is 12.3 Å². The number of hydrogen-bond acceptors (Lipinski definition) is 2. The maximum Gasteiger partial charge on any atom is 0.142 e. The van der Waals surface area contributed by atoms with Crippen LogP contribution in [0.4, 0.5) is 0 Å². The third kappa shape index (κ3) is 3.03. The molecule has 10 rings (SSSR count). The average Bonchev–Trinajstić information content (AvgIpc) is 3.62. The molecule has 218 valence electrons. The van der Waals surface area contributed by atoms with Gasteiger partial charge in [0, 0.05) is 33.5 Å². The highest BCUT2D eigenvalue weighted by Crippen LogP contribution is 2.61. The molecule has 1 spiro atoms. The van der Waals surface area contributed by atoms with Gasteiger partial charge in [-0.05, 0) is 54.5 Å².